The van der Waals surface area contributed by atoms with Gasteiger partial charge >= 0.3 is 5.97 Å². The second-order valence-corrected chi connectivity index (χ2v) is 5.96. The zero-order valence-electron chi connectivity index (χ0n) is 10.9. The third-order valence-electron chi connectivity index (χ3n) is 2.58. The summed E-state index contributed by atoms with van der Waals surface area (Å²) in [6.07, 6.45) is 0.530. The third-order valence-corrected chi connectivity index (χ3v) is 4.36. The van der Waals surface area contributed by atoms with Gasteiger partial charge in [0.1, 0.15) is 6.04 Å². The summed E-state index contributed by atoms with van der Waals surface area (Å²) in [5, 5.41) is 10.6. The second kappa shape index (κ2) is 8.23. The first kappa shape index (κ1) is 16.9. The molecule has 1 aromatic carbocycles. The molecule has 20 heavy (non-hydrogen) atoms. The first-order valence-corrected chi connectivity index (χ1v) is 7.74. The summed E-state index contributed by atoms with van der Waals surface area (Å²) in [6, 6.07) is 4.07. The Bertz CT molecular complexity index is 498. The fourth-order valence-electron chi connectivity index (χ4n) is 1.43. The Morgan fingerprint density at radius 1 is 1.60 bits per heavy atom. The summed E-state index contributed by atoms with van der Waals surface area (Å²) >= 11 is 4.92. The van der Waals surface area contributed by atoms with E-state index in [0.29, 0.717) is 22.4 Å². The highest BCUT2D eigenvalue weighted by Gasteiger charge is 2.13. The minimum Gasteiger partial charge on any atom is -0.468 e. The lowest BCUT2D eigenvalue weighted by Gasteiger charge is -2.09. The molecular formula is C12H15BrN2O4S. The summed E-state index contributed by atoms with van der Waals surface area (Å²) < 4.78 is 5.24. The first-order chi connectivity index (χ1) is 9.45. The number of rotatable bonds is 7. The maximum atomic E-state index is 11.1. The van der Waals surface area contributed by atoms with Crippen LogP contribution in [0.25, 0.3) is 0 Å². The van der Waals surface area contributed by atoms with Crippen LogP contribution in [0.4, 0.5) is 5.69 Å². The molecule has 0 fully saturated rings. The molecule has 1 unspecified atom stereocenters. The molecule has 0 radical (unpaired) electrons. The maximum Gasteiger partial charge on any atom is 0.322 e. The fraction of sp³-hybridized carbons (Fsp3) is 0.417. The Kier molecular flexibility index (Phi) is 6.97. The molecule has 110 valence electrons. The van der Waals surface area contributed by atoms with Gasteiger partial charge in [-0.15, -0.1) is 0 Å². The molecule has 8 heteroatoms. The molecular weight excluding hydrogens is 348 g/mol. The number of nitro benzene ring substituents is 1. The topological polar surface area (TPSA) is 95.5 Å². The van der Waals surface area contributed by atoms with Crippen molar-refractivity contribution in [1.29, 1.82) is 0 Å². The number of halogens is 1. The molecule has 0 bridgehead atoms. The number of nitrogens with zero attached hydrogens (tertiary/aromatic N) is 1. The molecule has 1 aromatic rings. The molecule has 0 spiro atoms. The van der Waals surface area contributed by atoms with Gasteiger partial charge in [0.05, 0.1) is 12.0 Å². The Hall–Kier alpha value is -1.12. The van der Waals surface area contributed by atoms with Gasteiger partial charge in [0.25, 0.3) is 5.69 Å². The van der Waals surface area contributed by atoms with Crippen molar-refractivity contribution < 1.29 is 14.5 Å². The van der Waals surface area contributed by atoms with Crippen LogP contribution < -0.4 is 5.73 Å². The monoisotopic (exact) mass is 362 g/mol. The van der Waals surface area contributed by atoms with Gasteiger partial charge in [-0.25, -0.2) is 0 Å². The molecule has 1 rings (SSSR count). The zero-order valence-corrected chi connectivity index (χ0v) is 13.3. The van der Waals surface area contributed by atoms with E-state index in [1.807, 2.05) is 0 Å². The lowest BCUT2D eigenvalue weighted by Crippen LogP contribution is -2.31. The Morgan fingerprint density at radius 2 is 2.30 bits per heavy atom. The van der Waals surface area contributed by atoms with Crippen molar-refractivity contribution in [3.8, 4) is 0 Å². The van der Waals surface area contributed by atoms with Gasteiger partial charge in [-0.1, -0.05) is 22.0 Å². The molecule has 0 saturated heterocycles. The highest BCUT2D eigenvalue weighted by molar-refractivity contribution is 9.10. The van der Waals surface area contributed by atoms with Crippen LogP contribution >= 0.6 is 27.7 Å². The summed E-state index contributed by atoms with van der Waals surface area (Å²) in [7, 11) is 1.31. The predicted molar refractivity (Wildman–Crippen MR) is 81.6 cm³/mol. The number of methoxy groups -OCH3 is 1. The van der Waals surface area contributed by atoms with Crippen LogP contribution in [-0.2, 0) is 15.3 Å². The van der Waals surface area contributed by atoms with Crippen LogP contribution in [0, 0.1) is 10.1 Å². The average Bonchev–Trinajstić information content (AvgIpc) is 2.43. The van der Waals surface area contributed by atoms with E-state index < -0.39 is 16.9 Å². The highest BCUT2D eigenvalue weighted by atomic mass is 79.9. The van der Waals surface area contributed by atoms with Crippen LogP contribution in [0.5, 0.6) is 0 Å². The lowest BCUT2D eigenvalue weighted by atomic mass is 10.2. The van der Waals surface area contributed by atoms with Crippen molar-refractivity contribution in [3.63, 3.8) is 0 Å². The van der Waals surface area contributed by atoms with Crippen molar-refractivity contribution in [2.75, 3.05) is 12.9 Å². The Labute approximate surface area is 129 Å². The van der Waals surface area contributed by atoms with Crippen LogP contribution in [0.1, 0.15) is 12.0 Å². The number of esters is 1. The van der Waals surface area contributed by atoms with Gasteiger partial charge in [0, 0.05) is 22.4 Å². The van der Waals surface area contributed by atoms with E-state index in [1.54, 1.807) is 17.8 Å². The minimum atomic E-state index is -0.604. The molecule has 0 heterocycles. The molecule has 1 atom stereocenters. The van der Waals surface area contributed by atoms with Crippen LogP contribution in [-0.4, -0.2) is 29.8 Å². The van der Waals surface area contributed by atoms with E-state index in [-0.39, 0.29) is 5.69 Å². The molecule has 0 aliphatic rings. The number of non-ortho nitro benzene ring substituents is 1. The molecule has 6 nitrogen and oxygen atoms in total. The number of ether oxygens (including phenoxy) is 1. The van der Waals surface area contributed by atoms with Gasteiger partial charge in [0.2, 0.25) is 0 Å². The predicted octanol–water partition coefficient (Wildman–Crippen LogP) is 2.48. The molecule has 0 aliphatic heterocycles. The van der Waals surface area contributed by atoms with Crippen LogP contribution in [0.15, 0.2) is 22.7 Å². The number of hydrogen-bond donors (Lipinski definition) is 1. The number of carbonyl (C=O) groups excluding carboxylic acids is 1. The highest BCUT2D eigenvalue weighted by Crippen LogP contribution is 2.26. The van der Waals surface area contributed by atoms with Crippen molar-refractivity contribution in [3.05, 3.63) is 38.3 Å². The molecule has 0 amide bonds. The largest absolute Gasteiger partial charge is 0.468 e. The van der Waals surface area contributed by atoms with E-state index in [2.05, 4.69) is 20.7 Å². The average molecular weight is 363 g/mol. The summed E-state index contributed by atoms with van der Waals surface area (Å²) in [5.41, 5.74) is 6.64. The lowest BCUT2D eigenvalue weighted by molar-refractivity contribution is -0.384. The minimum absolute atomic E-state index is 0.0540. The van der Waals surface area contributed by atoms with Crippen molar-refractivity contribution >= 4 is 39.3 Å². The second-order valence-electron chi connectivity index (χ2n) is 4.00. The summed E-state index contributed by atoms with van der Waals surface area (Å²) in [6.45, 7) is 0. The van der Waals surface area contributed by atoms with Crippen molar-refractivity contribution in [2.45, 2.75) is 18.2 Å². The zero-order chi connectivity index (χ0) is 15.1. The fourth-order valence-corrected chi connectivity index (χ4v) is 3.16. The number of thioether (sulfide) groups is 1. The van der Waals surface area contributed by atoms with E-state index in [4.69, 9.17) is 5.73 Å². The van der Waals surface area contributed by atoms with E-state index >= 15 is 0 Å². The van der Waals surface area contributed by atoms with Gasteiger partial charge < -0.3 is 10.5 Å². The number of nitrogens with two attached hydrogens (primary N) is 1. The van der Waals surface area contributed by atoms with E-state index in [0.717, 1.165) is 5.56 Å². The molecule has 0 saturated carbocycles. The first-order valence-electron chi connectivity index (χ1n) is 5.79. The van der Waals surface area contributed by atoms with Crippen molar-refractivity contribution in [2.24, 2.45) is 5.73 Å². The quantitative estimate of drug-likeness (QED) is 0.346. The normalized spacial score (nSPS) is 11.9. The number of hydrogen-bond acceptors (Lipinski definition) is 6. The summed E-state index contributed by atoms with van der Waals surface area (Å²) in [5.74, 6) is 0.980. The third kappa shape index (κ3) is 5.10. The van der Waals surface area contributed by atoms with E-state index in [9.17, 15) is 14.9 Å². The van der Waals surface area contributed by atoms with E-state index in [1.165, 1.54) is 19.2 Å². The summed E-state index contributed by atoms with van der Waals surface area (Å²) in [4.78, 5) is 21.3. The standard InChI is InChI=1S/C12H15BrN2O4S/c1-19-12(16)11(14)4-5-20-7-8-2-3-9(15(17)18)6-10(8)13/h2-3,6,11H,4-5,7,14H2,1H3. The smallest absolute Gasteiger partial charge is 0.322 e. The number of benzene rings is 1. The molecule has 0 aliphatic carbocycles. The van der Waals surface area contributed by atoms with Gasteiger partial charge in [-0.2, -0.15) is 11.8 Å². The van der Waals surface area contributed by atoms with Gasteiger partial charge in [-0.05, 0) is 17.7 Å². The number of nitro groups is 1. The van der Waals surface area contributed by atoms with Gasteiger partial charge in [0.15, 0.2) is 0 Å². The molecule has 2 N–H and O–H groups in total. The number of carbonyl (C=O) groups is 1. The van der Waals surface area contributed by atoms with Crippen LogP contribution in [0.3, 0.4) is 0 Å². The Balaban J connectivity index is 2.43. The Morgan fingerprint density at radius 3 is 2.85 bits per heavy atom. The van der Waals surface area contributed by atoms with Gasteiger partial charge in [-0.3, -0.25) is 14.9 Å². The van der Waals surface area contributed by atoms with Crippen molar-refractivity contribution in [1.82, 2.24) is 0 Å². The maximum absolute atomic E-state index is 11.1. The van der Waals surface area contributed by atoms with Crippen LogP contribution in [0.2, 0.25) is 0 Å². The SMILES string of the molecule is COC(=O)C(N)CCSCc1ccc([N+](=O)[O-])cc1Br. The molecule has 0 aromatic heterocycles.